The molecule has 0 aliphatic heterocycles. The monoisotopic (exact) mass is 430 g/mol. The lowest BCUT2D eigenvalue weighted by Gasteiger charge is -2.24. The molecular weight excluding hydrogens is 392 g/mol. The molecule has 3 atom stereocenters. The van der Waals surface area contributed by atoms with Crippen molar-refractivity contribution >= 4 is 23.5 Å². The van der Waals surface area contributed by atoms with E-state index < -0.39 is 29.9 Å². The molecule has 0 fully saturated rings. The zero-order valence-corrected chi connectivity index (χ0v) is 18.8. The van der Waals surface area contributed by atoms with Crippen LogP contribution in [0.2, 0.25) is 0 Å². The molecule has 0 rings (SSSR count). The standard InChI is InChI=1S/C20H38N4O6/c1-13(2)18(20(28)23-14(3)15(4)25)24-19(27)16(21)8-6-7-9-22-17(26)12-30-11-10-29-5/h13-14,16,18H,6-12,21H2,1-5H3,(H,22,26)(H,23,28)(H,24,27)/t14-,16-,18-/m0/s1. The van der Waals surface area contributed by atoms with Gasteiger partial charge in [-0.05, 0) is 39.0 Å². The predicted molar refractivity (Wildman–Crippen MR) is 113 cm³/mol. The number of nitrogens with two attached hydrogens (primary N) is 1. The first kappa shape index (κ1) is 28.0. The van der Waals surface area contributed by atoms with Crippen LogP contribution in [0.4, 0.5) is 0 Å². The van der Waals surface area contributed by atoms with E-state index in [-0.39, 0.29) is 24.2 Å². The highest BCUT2D eigenvalue weighted by molar-refractivity contribution is 5.92. The quantitative estimate of drug-likeness (QED) is 0.241. The Labute approximate surface area is 179 Å². The third-order valence-corrected chi connectivity index (χ3v) is 4.48. The summed E-state index contributed by atoms with van der Waals surface area (Å²) in [5.41, 5.74) is 5.93. The van der Waals surface area contributed by atoms with Crippen molar-refractivity contribution in [2.75, 3.05) is 33.5 Å². The first-order valence-electron chi connectivity index (χ1n) is 10.3. The van der Waals surface area contributed by atoms with Crippen LogP contribution in [-0.2, 0) is 28.7 Å². The van der Waals surface area contributed by atoms with Gasteiger partial charge in [-0.15, -0.1) is 0 Å². The summed E-state index contributed by atoms with van der Waals surface area (Å²) in [4.78, 5) is 47.6. The number of ether oxygens (including phenoxy) is 2. The minimum Gasteiger partial charge on any atom is -0.382 e. The van der Waals surface area contributed by atoms with Crippen LogP contribution in [0.5, 0.6) is 0 Å². The lowest BCUT2D eigenvalue weighted by atomic mass is 10.0. The fourth-order valence-electron chi connectivity index (χ4n) is 2.41. The normalized spacial score (nSPS) is 14.0. The van der Waals surface area contributed by atoms with Gasteiger partial charge in [0.2, 0.25) is 17.7 Å². The van der Waals surface area contributed by atoms with E-state index in [1.165, 1.54) is 6.92 Å². The second-order valence-corrected chi connectivity index (χ2v) is 7.57. The summed E-state index contributed by atoms with van der Waals surface area (Å²) >= 11 is 0. The van der Waals surface area contributed by atoms with E-state index in [4.69, 9.17) is 15.2 Å². The predicted octanol–water partition coefficient (Wildman–Crippen LogP) is -0.502. The van der Waals surface area contributed by atoms with Crippen LogP contribution in [0.1, 0.15) is 47.0 Å². The van der Waals surface area contributed by atoms with Crippen LogP contribution in [0, 0.1) is 5.92 Å². The van der Waals surface area contributed by atoms with Gasteiger partial charge in [0.1, 0.15) is 12.6 Å². The molecule has 0 bridgehead atoms. The van der Waals surface area contributed by atoms with E-state index in [1.54, 1.807) is 27.9 Å². The SMILES string of the molecule is COCCOCC(=O)NCCCC[C@H](N)C(=O)N[C@H](C(=O)N[C@@H](C)C(C)=O)C(C)C. The van der Waals surface area contributed by atoms with Crippen molar-refractivity contribution in [1.82, 2.24) is 16.0 Å². The second kappa shape index (κ2) is 15.8. The summed E-state index contributed by atoms with van der Waals surface area (Å²) in [6, 6.07) is -2.16. The summed E-state index contributed by atoms with van der Waals surface area (Å²) in [5, 5.41) is 7.99. The molecule has 0 spiro atoms. The lowest BCUT2D eigenvalue weighted by Crippen LogP contribution is -2.55. The minimum absolute atomic E-state index is 0.0216. The molecule has 0 aromatic carbocycles. The summed E-state index contributed by atoms with van der Waals surface area (Å²) in [5.74, 6) is -1.37. The Bertz CT molecular complexity index is 555. The average molecular weight is 431 g/mol. The van der Waals surface area contributed by atoms with E-state index >= 15 is 0 Å². The molecule has 0 radical (unpaired) electrons. The molecule has 0 aliphatic carbocycles. The van der Waals surface area contributed by atoms with Gasteiger partial charge in [0.25, 0.3) is 0 Å². The second-order valence-electron chi connectivity index (χ2n) is 7.57. The molecule has 0 aromatic rings. The van der Waals surface area contributed by atoms with Crippen molar-refractivity contribution in [1.29, 1.82) is 0 Å². The van der Waals surface area contributed by atoms with Crippen LogP contribution < -0.4 is 21.7 Å². The molecule has 0 saturated heterocycles. The van der Waals surface area contributed by atoms with Crippen molar-refractivity contribution in [2.45, 2.75) is 65.1 Å². The third kappa shape index (κ3) is 12.5. The van der Waals surface area contributed by atoms with Crippen molar-refractivity contribution in [3.05, 3.63) is 0 Å². The minimum atomic E-state index is -0.775. The Morgan fingerprint density at radius 2 is 1.63 bits per heavy atom. The van der Waals surface area contributed by atoms with Crippen molar-refractivity contribution in [3.63, 3.8) is 0 Å². The summed E-state index contributed by atoms with van der Waals surface area (Å²) in [6.45, 7) is 7.81. The van der Waals surface area contributed by atoms with Gasteiger partial charge in [-0.25, -0.2) is 0 Å². The molecule has 10 nitrogen and oxygen atoms in total. The number of carbonyl (C=O) groups excluding carboxylic acids is 4. The van der Waals surface area contributed by atoms with E-state index in [1.807, 2.05) is 0 Å². The smallest absolute Gasteiger partial charge is 0.245 e. The first-order valence-corrected chi connectivity index (χ1v) is 10.3. The van der Waals surface area contributed by atoms with Crippen molar-refractivity contribution in [2.24, 2.45) is 11.7 Å². The molecule has 174 valence electrons. The number of methoxy groups -OCH3 is 1. The Kier molecular flexibility index (Phi) is 14.7. The van der Waals surface area contributed by atoms with Crippen LogP contribution in [0.3, 0.4) is 0 Å². The zero-order chi connectivity index (χ0) is 23.1. The fourth-order valence-corrected chi connectivity index (χ4v) is 2.41. The van der Waals surface area contributed by atoms with Gasteiger partial charge in [-0.3, -0.25) is 19.2 Å². The molecule has 30 heavy (non-hydrogen) atoms. The zero-order valence-electron chi connectivity index (χ0n) is 18.8. The van der Waals surface area contributed by atoms with Crippen LogP contribution in [0.15, 0.2) is 0 Å². The number of nitrogens with one attached hydrogen (secondary N) is 3. The highest BCUT2D eigenvalue weighted by atomic mass is 16.5. The molecule has 0 unspecified atom stereocenters. The summed E-state index contributed by atoms with van der Waals surface area (Å²) in [7, 11) is 1.56. The summed E-state index contributed by atoms with van der Waals surface area (Å²) < 4.78 is 9.93. The van der Waals surface area contributed by atoms with E-state index in [9.17, 15) is 19.2 Å². The topological polar surface area (TPSA) is 149 Å². The Morgan fingerprint density at radius 3 is 2.20 bits per heavy atom. The maximum absolute atomic E-state index is 12.4. The number of rotatable bonds is 16. The molecule has 0 aromatic heterocycles. The maximum atomic E-state index is 12.4. The van der Waals surface area contributed by atoms with Crippen LogP contribution in [0.25, 0.3) is 0 Å². The Morgan fingerprint density at radius 1 is 0.967 bits per heavy atom. The molecule has 0 saturated carbocycles. The number of carbonyl (C=O) groups is 4. The van der Waals surface area contributed by atoms with Gasteiger partial charge in [0.05, 0.1) is 25.3 Å². The van der Waals surface area contributed by atoms with Crippen LogP contribution in [-0.4, -0.2) is 75.1 Å². The number of hydrogen-bond acceptors (Lipinski definition) is 7. The molecule has 3 amide bonds. The van der Waals surface area contributed by atoms with Crippen molar-refractivity contribution < 1.29 is 28.7 Å². The van der Waals surface area contributed by atoms with Crippen molar-refractivity contribution in [3.8, 4) is 0 Å². The number of hydrogen-bond donors (Lipinski definition) is 4. The molecular formula is C20H38N4O6. The molecule has 10 heteroatoms. The largest absolute Gasteiger partial charge is 0.382 e. The molecule has 0 aliphatic rings. The van der Waals surface area contributed by atoms with Gasteiger partial charge >= 0.3 is 0 Å². The number of unbranched alkanes of at least 4 members (excludes halogenated alkanes) is 1. The third-order valence-electron chi connectivity index (χ3n) is 4.48. The van der Waals surface area contributed by atoms with Gasteiger partial charge in [-0.1, -0.05) is 13.8 Å². The first-order chi connectivity index (χ1) is 14.1. The highest BCUT2D eigenvalue weighted by Crippen LogP contribution is 2.05. The number of Topliss-reactive ketones (excluding diaryl/α,β-unsaturated/α-hetero) is 1. The summed E-state index contributed by atoms with van der Waals surface area (Å²) in [6.07, 6.45) is 1.72. The van der Waals surface area contributed by atoms with E-state index in [0.29, 0.717) is 39.0 Å². The van der Waals surface area contributed by atoms with Gasteiger partial charge in [0, 0.05) is 13.7 Å². The van der Waals surface area contributed by atoms with Gasteiger partial charge in [0.15, 0.2) is 5.78 Å². The van der Waals surface area contributed by atoms with E-state index in [0.717, 1.165) is 0 Å². The molecule has 5 N–H and O–H groups in total. The highest BCUT2D eigenvalue weighted by Gasteiger charge is 2.27. The average Bonchev–Trinajstić information content (AvgIpc) is 2.68. The Hall–Kier alpha value is -2.04. The number of amides is 3. The van der Waals surface area contributed by atoms with Crippen LogP contribution >= 0.6 is 0 Å². The van der Waals surface area contributed by atoms with Gasteiger partial charge in [-0.2, -0.15) is 0 Å². The lowest BCUT2D eigenvalue weighted by molar-refractivity contribution is -0.132. The Balaban J connectivity index is 4.22. The number of ketones is 1. The fraction of sp³-hybridized carbons (Fsp3) is 0.800. The van der Waals surface area contributed by atoms with E-state index in [2.05, 4.69) is 16.0 Å². The maximum Gasteiger partial charge on any atom is 0.245 e. The molecule has 0 heterocycles. The van der Waals surface area contributed by atoms with Gasteiger partial charge < -0.3 is 31.2 Å².